The van der Waals surface area contributed by atoms with E-state index in [0.29, 0.717) is 18.2 Å². The van der Waals surface area contributed by atoms with E-state index in [4.69, 9.17) is 4.18 Å². The third kappa shape index (κ3) is 5.38. The number of benzene rings is 2. The first kappa shape index (κ1) is 21.4. The molecule has 6 heteroatoms. The first-order chi connectivity index (χ1) is 13.8. The minimum absolute atomic E-state index is 0.0451. The van der Waals surface area contributed by atoms with Gasteiger partial charge in [0, 0.05) is 18.5 Å². The second-order valence-electron chi connectivity index (χ2n) is 7.66. The van der Waals surface area contributed by atoms with E-state index in [1.54, 1.807) is 19.1 Å². The van der Waals surface area contributed by atoms with Gasteiger partial charge in [0.2, 0.25) is 5.91 Å². The van der Waals surface area contributed by atoms with Crippen LogP contribution in [0.5, 0.6) is 5.75 Å². The zero-order chi connectivity index (χ0) is 21.0. The van der Waals surface area contributed by atoms with Crippen molar-refractivity contribution in [2.24, 2.45) is 5.92 Å². The summed E-state index contributed by atoms with van der Waals surface area (Å²) in [5.74, 6) is 0.772. The number of carbonyl (C=O) groups is 1. The Morgan fingerprint density at radius 2 is 1.76 bits per heavy atom. The van der Waals surface area contributed by atoms with Crippen molar-refractivity contribution >= 4 is 16.0 Å². The maximum absolute atomic E-state index is 13.2. The largest absolute Gasteiger partial charge is 0.382 e. The van der Waals surface area contributed by atoms with Crippen LogP contribution < -0.4 is 4.18 Å². The Labute approximate surface area is 173 Å². The number of rotatable bonds is 9. The normalized spacial score (nSPS) is 19.4. The highest BCUT2D eigenvalue weighted by Crippen LogP contribution is 2.48. The van der Waals surface area contributed by atoms with Crippen molar-refractivity contribution in [3.8, 4) is 5.75 Å². The lowest BCUT2D eigenvalue weighted by Crippen LogP contribution is -2.39. The zero-order valence-electron chi connectivity index (χ0n) is 17.2. The number of hydrogen-bond donors (Lipinski definition) is 0. The Morgan fingerprint density at radius 1 is 1.10 bits per heavy atom. The maximum Gasteiger partial charge on any atom is 0.308 e. The molecule has 1 amide bonds. The molecule has 1 aliphatic carbocycles. The molecule has 0 heterocycles. The van der Waals surface area contributed by atoms with Gasteiger partial charge >= 0.3 is 10.1 Å². The summed E-state index contributed by atoms with van der Waals surface area (Å²) in [5, 5.41) is 0. The van der Waals surface area contributed by atoms with Gasteiger partial charge in [0.25, 0.3) is 0 Å². The van der Waals surface area contributed by atoms with Crippen molar-refractivity contribution in [3.63, 3.8) is 0 Å². The number of amides is 1. The number of carbonyl (C=O) groups excluding carboxylic acids is 1. The molecule has 1 saturated carbocycles. The lowest BCUT2D eigenvalue weighted by atomic mass is 10.1. The first-order valence-electron chi connectivity index (χ1n) is 10.2. The molecule has 29 heavy (non-hydrogen) atoms. The maximum atomic E-state index is 13.2. The van der Waals surface area contributed by atoms with E-state index in [9.17, 15) is 13.2 Å². The smallest absolute Gasteiger partial charge is 0.308 e. The van der Waals surface area contributed by atoms with Gasteiger partial charge < -0.3 is 9.08 Å². The molecular formula is C23H29NO4S. The lowest BCUT2D eigenvalue weighted by molar-refractivity contribution is -0.135. The summed E-state index contributed by atoms with van der Waals surface area (Å²) in [4.78, 5) is 15.2. The molecule has 0 spiro atoms. The first-order valence-corrected chi connectivity index (χ1v) is 11.8. The molecule has 156 valence electrons. The van der Waals surface area contributed by atoms with Crippen LogP contribution in [0, 0.1) is 5.92 Å². The molecule has 0 N–H and O–H groups in total. The van der Waals surface area contributed by atoms with Crippen molar-refractivity contribution in [1.29, 1.82) is 0 Å². The highest BCUT2D eigenvalue weighted by Gasteiger charge is 2.46. The molecule has 0 saturated heterocycles. The van der Waals surface area contributed by atoms with Crippen molar-refractivity contribution < 1.29 is 17.4 Å². The number of nitrogens with zero attached hydrogens (tertiary/aromatic N) is 1. The fourth-order valence-electron chi connectivity index (χ4n) is 3.47. The van der Waals surface area contributed by atoms with Gasteiger partial charge in [-0.1, -0.05) is 49.4 Å². The molecule has 0 aliphatic heterocycles. The molecule has 0 aromatic heterocycles. The van der Waals surface area contributed by atoms with Crippen LogP contribution in [0.4, 0.5) is 0 Å². The van der Waals surface area contributed by atoms with Gasteiger partial charge in [-0.15, -0.1) is 0 Å². The third-order valence-electron chi connectivity index (χ3n) is 5.59. The minimum Gasteiger partial charge on any atom is -0.382 e. The Hall–Kier alpha value is -2.34. The molecule has 1 fully saturated rings. The standard InChI is InChI=1S/C23H29NO4S/c1-4-17(3)24(23(25)22-15-21(22)19-9-7-6-8-10-19)16-18-11-13-20(14-12-18)28-29(26,27)5-2/h6-14,17,21-22H,4-5,15-16H2,1-3H3/t17-,21+,22-/m1/s1. The van der Waals surface area contributed by atoms with Gasteiger partial charge in [-0.05, 0) is 55.9 Å². The molecule has 0 radical (unpaired) electrons. The molecule has 3 atom stereocenters. The number of hydrogen-bond acceptors (Lipinski definition) is 4. The van der Waals surface area contributed by atoms with Crippen LogP contribution in [0.25, 0.3) is 0 Å². The Kier molecular flexibility index (Phi) is 6.63. The summed E-state index contributed by atoms with van der Waals surface area (Å²) in [6.07, 6.45) is 1.78. The van der Waals surface area contributed by atoms with Crippen molar-refractivity contribution in [2.45, 2.75) is 52.1 Å². The van der Waals surface area contributed by atoms with Gasteiger partial charge in [0.1, 0.15) is 5.75 Å². The second-order valence-corrected chi connectivity index (χ2v) is 9.52. The van der Waals surface area contributed by atoms with Gasteiger partial charge in [-0.3, -0.25) is 4.79 Å². The van der Waals surface area contributed by atoms with Crippen LogP contribution in [0.15, 0.2) is 54.6 Å². The van der Waals surface area contributed by atoms with E-state index in [1.165, 1.54) is 5.56 Å². The molecule has 2 aromatic carbocycles. The topological polar surface area (TPSA) is 63.7 Å². The quantitative estimate of drug-likeness (QED) is 0.571. The highest BCUT2D eigenvalue weighted by atomic mass is 32.2. The predicted octanol–water partition coefficient (Wildman–Crippen LogP) is 4.35. The fourth-order valence-corrected chi connectivity index (χ4v) is 4.00. The van der Waals surface area contributed by atoms with E-state index in [0.717, 1.165) is 18.4 Å². The third-order valence-corrected chi connectivity index (χ3v) is 6.75. The summed E-state index contributed by atoms with van der Waals surface area (Å²) in [6.45, 7) is 6.20. The summed E-state index contributed by atoms with van der Waals surface area (Å²) in [7, 11) is -3.54. The minimum atomic E-state index is -3.54. The Morgan fingerprint density at radius 3 is 2.34 bits per heavy atom. The van der Waals surface area contributed by atoms with E-state index in [-0.39, 0.29) is 23.6 Å². The van der Waals surface area contributed by atoms with Gasteiger partial charge in [0.15, 0.2) is 0 Å². The van der Waals surface area contributed by atoms with E-state index in [1.807, 2.05) is 35.2 Å². The Bertz CT molecular complexity index is 925. The van der Waals surface area contributed by atoms with Crippen molar-refractivity contribution in [3.05, 3.63) is 65.7 Å². The van der Waals surface area contributed by atoms with E-state index in [2.05, 4.69) is 26.0 Å². The fraction of sp³-hybridized carbons (Fsp3) is 0.435. The molecule has 1 aliphatic rings. The van der Waals surface area contributed by atoms with Crippen LogP contribution in [-0.4, -0.2) is 31.0 Å². The summed E-state index contributed by atoms with van der Waals surface area (Å²) >= 11 is 0. The molecule has 2 aromatic rings. The summed E-state index contributed by atoms with van der Waals surface area (Å²) in [6, 6.07) is 17.3. The SMILES string of the molecule is CC[C@@H](C)N(Cc1ccc(OS(=O)(=O)CC)cc1)C(=O)[C@@H]1C[C@H]1c1ccccc1. The molecular weight excluding hydrogens is 386 g/mol. The zero-order valence-corrected chi connectivity index (χ0v) is 18.1. The average molecular weight is 416 g/mol. The van der Waals surface area contributed by atoms with Gasteiger partial charge in [0.05, 0.1) is 5.75 Å². The molecule has 5 nitrogen and oxygen atoms in total. The Balaban J connectivity index is 1.69. The summed E-state index contributed by atoms with van der Waals surface area (Å²) in [5.41, 5.74) is 2.19. The van der Waals surface area contributed by atoms with Crippen LogP contribution >= 0.6 is 0 Å². The van der Waals surface area contributed by atoms with Gasteiger partial charge in [-0.25, -0.2) is 0 Å². The van der Waals surface area contributed by atoms with E-state index >= 15 is 0 Å². The van der Waals surface area contributed by atoms with Crippen LogP contribution in [0.3, 0.4) is 0 Å². The van der Waals surface area contributed by atoms with Crippen LogP contribution in [0.2, 0.25) is 0 Å². The second kappa shape index (κ2) is 8.99. The monoisotopic (exact) mass is 415 g/mol. The van der Waals surface area contributed by atoms with Crippen molar-refractivity contribution in [1.82, 2.24) is 4.90 Å². The highest BCUT2D eigenvalue weighted by molar-refractivity contribution is 7.87. The molecule has 3 rings (SSSR count). The van der Waals surface area contributed by atoms with Gasteiger partial charge in [-0.2, -0.15) is 8.42 Å². The van der Waals surface area contributed by atoms with Crippen LogP contribution in [-0.2, 0) is 21.5 Å². The summed E-state index contributed by atoms with van der Waals surface area (Å²) < 4.78 is 28.2. The molecule has 0 unspecified atom stereocenters. The lowest BCUT2D eigenvalue weighted by Gasteiger charge is -2.29. The predicted molar refractivity (Wildman–Crippen MR) is 114 cm³/mol. The van der Waals surface area contributed by atoms with Crippen LogP contribution in [0.1, 0.15) is 50.7 Å². The molecule has 0 bridgehead atoms. The van der Waals surface area contributed by atoms with Crippen molar-refractivity contribution in [2.75, 3.05) is 5.75 Å². The average Bonchev–Trinajstić information content (AvgIpc) is 3.53. The van der Waals surface area contributed by atoms with E-state index < -0.39 is 10.1 Å².